The molecule has 70 valence electrons. The van der Waals surface area contributed by atoms with Gasteiger partial charge < -0.3 is 5.32 Å². The molecular formula is C9H13N3S. The maximum absolute atomic E-state index is 4.36. The monoisotopic (exact) mass is 195 g/mol. The number of thioether (sulfide) groups is 1. The Hall–Kier alpha value is -0.610. The molecule has 0 aliphatic carbocycles. The van der Waals surface area contributed by atoms with Gasteiger partial charge in [-0.1, -0.05) is 11.8 Å². The van der Waals surface area contributed by atoms with Crippen molar-refractivity contribution in [3.05, 3.63) is 18.0 Å². The van der Waals surface area contributed by atoms with Crippen LogP contribution in [0.1, 0.15) is 12.1 Å². The summed E-state index contributed by atoms with van der Waals surface area (Å²) >= 11 is 1.78. The third kappa shape index (κ3) is 2.42. The van der Waals surface area contributed by atoms with Gasteiger partial charge in [0.05, 0.1) is 0 Å². The Morgan fingerprint density at radius 3 is 3.23 bits per heavy atom. The summed E-state index contributed by atoms with van der Waals surface area (Å²) in [5.74, 6) is 0. The van der Waals surface area contributed by atoms with Gasteiger partial charge in [-0.3, -0.25) is 0 Å². The summed E-state index contributed by atoms with van der Waals surface area (Å²) in [6.45, 7) is 4.21. The largest absolute Gasteiger partial charge is 0.316 e. The van der Waals surface area contributed by atoms with Crippen LogP contribution in [0.3, 0.4) is 0 Å². The minimum Gasteiger partial charge on any atom is -0.316 e. The van der Waals surface area contributed by atoms with E-state index in [2.05, 4.69) is 15.3 Å². The van der Waals surface area contributed by atoms with Crippen LogP contribution < -0.4 is 5.32 Å². The lowest BCUT2D eigenvalue weighted by Gasteiger charge is -2.05. The van der Waals surface area contributed by atoms with Crippen molar-refractivity contribution in [2.75, 3.05) is 13.1 Å². The summed E-state index contributed by atoms with van der Waals surface area (Å²) in [4.78, 5) is 8.59. The van der Waals surface area contributed by atoms with Crippen molar-refractivity contribution in [1.29, 1.82) is 0 Å². The second-order valence-electron chi connectivity index (χ2n) is 3.21. The van der Waals surface area contributed by atoms with Gasteiger partial charge in [0.1, 0.15) is 0 Å². The van der Waals surface area contributed by atoms with E-state index in [1.165, 1.54) is 6.42 Å². The third-order valence-corrected chi connectivity index (χ3v) is 3.20. The molecule has 0 bridgehead atoms. The van der Waals surface area contributed by atoms with Gasteiger partial charge in [-0.25, -0.2) is 9.97 Å². The van der Waals surface area contributed by atoms with Gasteiger partial charge >= 0.3 is 0 Å². The van der Waals surface area contributed by atoms with E-state index in [0.29, 0.717) is 5.25 Å². The summed E-state index contributed by atoms with van der Waals surface area (Å²) in [5.41, 5.74) is 1.04. The molecule has 0 amide bonds. The van der Waals surface area contributed by atoms with E-state index in [4.69, 9.17) is 0 Å². The molecule has 4 heteroatoms. The van der Waals surface area contributed by atoms with Crippen LogP contribution in [0.2, 0.25) is 0 Å². The van der Waals surface area contributed by atoms with Crippen LogP contribution in [0.4, 0.5) is 0 Å². The number of rotatable bonds is 2. The van der Waals surface area contributed by atoms with Crippen molar-refractivity contribution in [1.82, 2.24) is 15.3 Å². The van der Waals surface area contributed by atoms with Crippen LogP contribution in [0.5, 0.6) is 0 Å². The minimum atomic E-state index is 0.654. The minimum absolute atomic E-state index is 0.654. The number of hydrogen-bond donors (Lipinski definition) is 1. The van der Waals surface area contributed by atoms with Crippen LogP contribution >= 0.6 is 11.8 Å². The molecule has 1 N–H and O–H groups in total. The van der Waals surface area contributed by atoms with E-state index >= 15 is 0 Å². The second kappa shape index (κ2) is 4.07. The fourth-order valence-corrected chi connectivity index (χ4v) is 2.41. The van der Waals surface area contributed by atoms with E-state index in [1.807, 2.05) is 19.2 Å². The van der Waals surface area contributed by atoms with Crippen molar-refractivity contribution in [2.24, 2.45) is 0 Å². The van der Waals surface area contributed by atoms with E-state index in [-0.39, 0.29) is 0 Å². The topological polar surface area (TPSA) is 37.8 Å². The molecule has 0 saturated carbocycles. The molecule has 1 aromatic heterocycles. The Morgan fingerprint density at radius 1 is 1.62 bits per heavy atom. The van der Waals surface area contributed by atoms with E-state index in [0.717, 1.165) is 23.9 Å². The Balaban J connectivity index is 2.00. The standard InChI is InChI=1S/C9H13N3S/c1-7-2-5-11-9(12-7)13-8-3-4-10-6-8/h2,5,8,10H,3-4,6H2,1H3. The lowest BCUT2D eigenvalue weighted by atomic mass is 10.4. The van der Waals surface area contributed by atoms with Gasteiger partial charge in [0.25, 0.3) is 0 Å². The van der Waals surface area contributed by atoms with Crippen LogP contribution in [0, 0.1) is 6.92 Å². The molecule has 1 saturated heterocycles. The molecule has 0 aromatic carbocycles. The highest BCUT2D eigenvalue weighted by Gasteiger charge is 2.16. The first-order chi connectivity index (χ1) is 6.34. The molecule has 2 rings (SSSR count). The zero-order valence-electron chi connectivity index (χ0n) is 7.66. The van der Waals surface area contributed by atoms with Gasteiger partial charge in [-0.15, -0.1) is 0 Å². The maximum atomic E-state index is 4.36. The Kier molecular flexibility index (Phi) is 2.80. The summed E-state index contributed by atoms with van der Waals surface area (Å²) in [7, 11) is 0. The lowest BCUT2D eigenvalue weighted by molar-refractivity contribution is 0.857. The number of nitrogens with zero attached hydrogens (tertiary/aromatic N) is 2. The SMILES string of the molecule is Cc1ccnc(SC2CCNC2)n1. The highest BCUT2D eigenvalue weighted by molar-refractivity contribution is 7.99. The summed E-state index contributed by atoms with van der Waals surface area (Å²) in [5, 5.41) is 4.90. The van der Waals surface area contributed by atoms with Crippen molar-refractivity contribution in [3.63, 3.8) is 0 Å². The summed E-state index contributed by atoms with van der Waals surface area (Å²) in [6, 6.07) is 1.93. The van der Waals surface area contributed by atoms with Crippen LogP contribution in [-0.4, -0.2) is 28.3 Å². The predicted molar refractivity (Wildman–Crippen MR) is 53.9 cm³/mol. The molecule has 13 heavy (non-hydrogen) atoms. The highest BCUT2D eigenvalue weighted by Crippen LogP contribution is 2.23. The smallest absolute Gasteiger partial charge is 0.188 e. The second-order valence-corrected chi connectivity index (χ2v) is 4.48. The van der Waals surface area contributed by atoms with Crippen molar-refractivity contribution < 1.29 is 0 Å². The van der Waals surface area contributed by atoms with E-state index in [1.54, 1.807) is 11.8 Å². The van der Waals surface area contributed by atoms with Crippen molar-refractivity contribution in [3.8, 4) is 0 Å². The van der Waals surface area contributed by atoms with Crippen LogP contribution in [-0.2, 0) is 0 Å². The fourth-order valence-electron chi connectivity index (χ4n) is 1.36. The highest BCUT2D eigenvalue weighted by atomic mass is 32.2. The maximum Gasteiger partial charge on any atom is 0.188 e. The number of nitrogens with one attached hydrogen (secondary N) is 1. The average molecular weight is 195 g/mol. The molecule has 3 nitrogen and oxygen atoms in total. The molecule has 1 aliphatic rings. The predicted octanol–water partition coefficient (Wildman–Crippen LogP) is 1.24. The first kappa shape index (κ1) is 8.97. The quantitative estimate of drug-likeness (QED) is 0.720. The average Bonchev–Trinajstić information content (AvgIpc) is 2.57. The van der Waals surface area contributed by atoms with Gasteiger partial charge in [0.2, 0.25) is 0 Å². The van der Waals surface area contributed by atoms with Crippen LogP contribution in [0.15, 0.2) is 17.4 Å². The number of aryl methyl sites for hydroxylation is 1. The zero-order chi connectivity index (χ0) is 9.10. The zero-order valence-corrected chi connectivity index (χ0v) is 8.47. The van der Waals surface area contributed by atoms with Crippen molar-refractivity contribution >= 4 is 11.8 Å². The molecule has 1 unspecified atom stereocenters. The summed E-state index contributed by atoms with van der Waals surface area (Å²) < 4.78 is 0. The number of hydrogen-bond acceptors (Lipinski definition) is 4. The number of aromatic nitrogens is 2. The summed E-state index contributed by atoms with van der Waals surface area (Å²) in [6.07, 6.45) is 3.05. The van der Waals surface area contributed by atoms with Gasteiger partial charge in [-0.2, -0.15) is 0 Å². The molecule has 1 atom stereocenters. The molecular weight excluding hydrogens is 182 g/mol. The van der Waals surface area contributed by atoms with Gasteiger partial charge in [0.15, 0.2) is 5.16 Å². The van der Waals surface area contributed by atoms with Gasteiger partial charge in [-0.05, 0) is 26.0 Å². The van der Waals surface area contributed by atoms with Crippen molar-refractivity contribution in [2.45, 2.75) is 23.8 Å². The normalized spacial score (nSPS) is 22.1. The molecule has 0 spiro atoms. The first-order valence-corrected chi connectivity index (χ1v) is 5.39. The molecule has 1 aromatic rings. The Bertz CT molecular complexity index is 284. The van der Waals surface area contributed by atoms with E-state index < -0.39 is 0 Å². The van der Waals surface area contributed by atoms with Crippen LogP contribution in [0.25, 0.3) is 0 Å². The molecule has 2 heterocycles. The van der Waals surface area contributed by atoms with E-state index in [9.17, 15) is 0 Å². The molecule has 0 radical (unpaired) electrons. The van der Waals surface area contributed by atoms with Gasteiger partial charge in [0, 0.05) is 23.7 Å². The molecule has 1 aliphatic heterocycles. The first-order valence-electron chi connectivity index (χ1n) is 4.51. The Morgan fingerprint density at radius 2 is 2.54 bits per heavy atom. The lowest BCUT2D eigenvalue weighted by Crippen LogP contribution is -2.10. The fraction of sp³-hybridized carbons (Fsp3) is 0.556. The molecule has 1 fully saturated rings. The Labute approximate surface area is 82.4 Å². The third-order valence-electron chi connectivity index (χ3n) is 2.06.